The van der Waals surface area contributed by atoms with Crippen LogP contribution >= 0.6 is 11.8 Å². The van der Waals surface area contributed by atoms with Gasteiger partial charge in [0, 0.05) is 25.9 Å². The fourth-order valence-corrected chi connectivity index (χ4v) is 4.84. The normalized spacial score (nSPS) is 18.4. The van der Waals surface area contributed by atoms with Gasteiger partial charge in [-0.25, -0.2) is 17.7 Å². The Morgan fingerprint density at radius 2 is 1.93 bits per heavy atom. The molecule has 0 saturated carbocycles. The lowest BCUT2D eigenvalue weighted by Crippen LogP contribution is -2.32. The van der Waals surface area contributed by atoms with Crippen LogP contribution in [0.5, 0.6) is 5.75 Å². The highest BCUT2D eigenvalue weighted by atomic mass is 32.2. The minimum absolute atomic E-state index is 0.156. The maximum absolute atomic E-state index is 13.1. The summed E-state index contributed by atoms with van der Waals surface area (Å²) in [6.07, 6.45) is 0. The predicted octanol–water partition coefficient (Wildman–Crippen LogP) is 3.21. The van der Waals surface area contributed by atoms with Gasteiger partial charge in [0.2, 0.25) is 10.0 Å². The number of para-hydroxylation sites is 1. The molecule has 0 N–H and O–H groups in total. The molecule has 154 valence electrons. The average molecular weight is 434 g/mol. The molecule has 0 bridgehead atoms. The molecule has 9 heteroatoms. The Bertz CT molecular complexity index is 1050. The van der Waals surface area contributed by atoms with Crippen molar-refractivity contribution in [1.29, 1.82) is 0 Å². The van der Waals surface area contributed by atoms with Crippen molar-refractivity contribution in [3.05, 3.63) is 54.1 Å². The van der Waals surface area contributed by atoms with Crippen LogP contribution in [-0.4, -0.2) is 61.7 Å². The molecule has 0 radical (unpaired) electrons. The van der Waals surface area contributed by atoms with Gasteiger partial charge in [0.05, 0.1) is 23.3 Å². The number of sulfonamides is 1. The molecule has 1 amide bonds. The van der Waals surface area contributed by atoms with Crippen molar-refractivity contribution >= 4 is 38.5 Å². The van der Waals surface area contributed by atoms with Crippen LogP contribution in [0.3, 0.4) is 0 Å². The number of nitrogens with zero attached hydrogens (tertiary/aromatic N) is 3. The summed E-state index contributed by atoms with van der Waals surface area (Å²) in [7, 11) is 0.926. The number of hydrogen-bond acceptors (Lipinski definition) is 6. The molecule has 1 unspecified atom stereocenters. The third-order valence-corrected chi connectivity index (χ3v) is 7.27. The zero-order valence-electron chi connectivity index (χ0n) is 16.7. The summed E-state index contributed by atoms with van der Waals surface area (Å²) >= 11 is 1.48. The van der Waals surface area contributed by atoms with E-state index in [9.17, 15) is 13.2 Å². The molecule has 1 heterocycles. The number of amides is 1. The SMILES string of the molecule is COc1ccccc1C(=O)N1CC(C)SC1=Nc1cccc(S(=O)(=O)N(C)C)c1. The number of amidine groups is 1. The second kappa shape index (κ2) is 8.56. The standard InChI is InChI=1S/C20H23N3O4S2/c1-14-13-23(19(24)17-10-5-6-11-18(17)27-4)20(28-14)21-15-8-7-9-16(12-15)29(25,26)22(2)3/h5-12,14H,13H2,1-4H3. The predicted molar refractivity (Wildman–Crippen MR) is 115 cm³/mol. The minimum atomic E-state index is -3.57. The number of thioether (sulfide) groups is 1. The molecule has 0 aliphatic carbocycles. The summed E-state index contributed by atoms with van der Waals surface area (Å²) in [5.74, 6) is 0.301. The molecule has 1 aliphatic rings. The Balaban J connectivity index is 1.97. The largest absolute Gasteiger partial charge is 0.496 e. The van der Waals surface area contributed by atoms with Gasteiger partial charge in [0.25, 0.3) is 5.91 Å². The van der Waals surface area contributed by atoms with Gasteiger partial charge in [0.1, 0.15) is 5.75 Å². The monoisotopic (exact) mass is 433 g/mol. The van der Waals surface area contributed by atoms with Gasteiger partial charge in [-0.1, -0.05) is 36.9 Å². The van der Waals surface area contributed by atoms with E-state index in [1.54, 1.807) is 35.2 Å². The lowest BCUT2D eigenvalue weighted by atomic mass is 10.1. The van der Waals surface area contributed by atoms with Crippen molar-refractivity contribution in [2.75, 3.05) is 27.7 Å². The first kappa shape index (κ1) is 21.4. The van der Waals surface area contributed by atoms with Crippen molar-refractivity contribution in [1.82, 2.24) is 9.21 Å². The molecule has 1 atom stereocenters. The summed E-state index contributed by atoms with van der Waals surface area (Å²) in [5.41, 5.74) is 0.934. The Morgan fingerprint density at radius 3 is 2.62 bits per heavy atom. The first-order chi connectivity index (χ1) is 13.7. The Kier molecular flexibility index (Phi) is 6.30. The summed E-state index contributed by atoms with van der Waals surface area (Å²) < 4.78 is 31.3. The molecular formula is C20H23N3O4S2. The van der Waals surface area contributed by atoms with E-state index in [0.29, 0.717) is 28.7 Å². The van der Waals surface area contributed by atoms with E-state index in [-0.39, 0.29) is 16.1 Å². The number of aliphatic imine (C=N–C) groups is 1. The second-order valence-electron chi connectivity index (χ2n) is 6.72. The minimum Gasteiger partial charge on any atom is -0.496 e. The second-order valence-corrected chi connectivity index (χ2v) is 10.3. The summed E-state index contributed by atoms with van der Waals surface area (Å²) in [5, 5.41) is 0.703. The summed E-state index contributed by atoms with van der Waals surface area (Å²) in [4.78, 5) is 19.5. The van der Waals surface area contributed by atoms with Crippen LogP contribution in [0.15, 0.2) is 58.4 Å². The van der Waals surface area contributed by atoms with E-state index in [1.807, 2.05) is 13.0 Å². The Morgan fingerprint density at radius 1 is 1.21 bits per heavy atom. The third kappa shape index (κ3) is 4.47. The van der Waals surface area contributed by atoms with Crippen LogP contribution in [0, 0.1) is 0 Å². The molecule has 1 saturated heterocycles. The molecular weight excluding hydrogens is 410 g/mol. The number of methoxy groups -OCH3 is 1. The number of ether oxygens (including phenoxy) is 1. The lowest BCUT2D eigenvalue weighted by molar-refractivity contribution is 0.0852. The number of carbonyl (C=O) groups is 1. The summed E-state index contributed by atoms with van der Waals surface area (Å²) in [6.45, 7) is 2.53. The molecule has 29 heavy (non-hydrogen) atoms. The van der Waals surface area contributed by atoms with E-state index < -0.39 is 10.0 Å². The first-order valence-electron chi connectivity index (χ1n) is 8.97. The lowest BCUT2D eigenvalue weighted by Gasteiger charge is -2.18. The van der Waals surface area contributed by atoms with Gasteiger partial charge in [-0.2, -0.15) is 0 Å². The van der Waals surface area contributed by atoms with Crippen molar-refractivity contribution in [3.8, 4) is 5.75 Å². The van der Waals surface area contributed by atoms with Crippen LogP contribution in [0.2, 0.25) is 0 Å². The molecule has 3 rings (SSSR count). The van der Waals surface area contributed by atoms with Crippen LogP contribution in [0.4, 0.5) is 5.69 Å². The van der Waals surface area contributed by atoms with Gasteiger partial charge in [0.15, 0.2) is 5.17 Å². The van der Waals surface area contributed by atoms with Gasteiger partial charge >= 0.3 is 0 Å². The molecule has 0 spiro atoms. The van der Waals surface area contributed by atoms with Crippen LogP contribution in [0.1, 0.15) is 17.3 Å². The topological polar surface area (TPSA) is 79.3 Å². The molecule has 7 nitrogen and oxygen atoms in total. The van der Waals surface area contributed by atoms with E-state index in [2.05, 4.69) is 4.99 Å². The first-order valence-corrected chi connectivity index (χ1v) is 11.3. The fourth-order valence-electron chi connectivity index (χ4n) is 2.87. The highest BCUT2D eigenvalue weighted by Gasteiger charge is 2.32. The van der Waals surface area contributed by atoms with E-state index in [0.717, 1.165) is 4.31 Å². The van der Waals surface area contributed by atoms with Crippen LogP contribution in [0.25, 0.3) is 0 Å². The zero-order valence-corrected chi connectivity index (χ0v) is 18.3. The van der Waals surface area contributed by atoms with Crippen LogP contribution in [-0.2, 0) is 10.0 Å². The molecule has 2 aromatic carbocycles. The maximum Gasteiger partial charge on any atom is 0.263 e. The van der Waals surface area contributed by atoms with Crippen molar-refractivity contribution in [2.24, 2.45) is 4.99 Å². The van der Waals surface area contributed by atoms with E-state index in [1.165, 1.54) is 45.1 Å². The van der Waals surface area contributed by atoms with E-state index in [4.69, 9.17) is 4.74 Å². The number of hydrogen-bond donors (Lipinski definition) is 0. The summed E-state index contributed by atoms with van der Waals surface area (Å²) in [6, 6.07) is 13.5. The van der Waals surface area contributed by atoms with Crippen molar-refractivity contribution < 1.29 is 17.9 Å². The Labute approximate surface area is 175 Å². The van der Waals surface area contributed by atoms with Crippen molar-refractivity contribution in [2.45, 2.75) is 17.1 Å². The van der Waals surface area contributed by atoms with Gasteiger partial charge in [-0.3, -0.25) is 9.69 Å². The Hall–Kier alpha value is -2.36. The van der Waals surface area contributed by atoms with Crippen molar-refractivity contribution in [3.63, 3.8) is 0 Å². The highest BCUT2D eigenvalue weighted by Crippen LogP contribution is 2.31. The highest BCUT2D eigenvalue weighted by molar-refractivity contribution is 8.14. The van der Waals surface area contributed by atoms with Gasteiger partial charge in [-0.05, 0) is 30.3 Å². The molecule has 1 fully saturated rings. The fraction of sp³-hybridized carbons (Fsp3) is 0.300. The molecule has 1 aliphatic heterocycles. The number of carbonyl (C=O) groups excluding carboxylic acids is 1. The maximum atomic E-state index is 13.1. The van der Waals surface area contributed by atoms with E-state index >= 15 is 0 Å². The van der Waals surface area contributed by atoms with Gasteiger partial charge in [-0.15, -0.1) is 0 Å². The quantitative estimate of drug-likeness (QED) is 0.723. The average Bonchev–Trinajstić information content (AvgIpc) is 3.07. The number of rotatable bonds is 5. The smallest absolute Gasteiger partial charge is 0.263 e. The molecule has 0 aromatic heterocycles. The zero-order chi connectivity index (χ0) is 21.2. The van der Waals surface area contributed by atoms with Gasteiger partial charge < -0.3 is 4.74 Å². The number of benzene rings is 2. The van der Waals surface area contributed by atoms with Crippen LogP contribution < -0.4 is 4.74 Å². The third-order valence-electron chi connectivity index (χ3n) is 4.38. The molecule has 2 aromatic rings.